The smallest absolute Gasteiger partial charge is 0.269 e. The second kappa shape index (κ2) is 9.64. The number of carbonyl (C=O) groups excluding carboxylic acids is 2. The van der Waals surface area contributed by atoms with Crippen LogP contribution in [-0.2, 0) is 0 Å². The highest BCUT2D eigenvalue weighted by atomic mass is 79.9. The van der Waals surface area contributed by atoms with Gasteiger partial charge in [-0.2, -0.15) is 0 Å². The largest absolute Gasteiger partial charge is 0.328 e. The maximum Gasteiger partial charge on any atom is 0.269 e. The maximum atomic E-state index is 12.7. The van der Waals surface area contributed by atoms with Crippen LogP contribution in [0.3, 0.4) is 0 Å². The Balaban J connectivity index is 1.88. The number of nitro groups is 1. The number of hydrogen-bond donors (Lipinski definition) is 2. The molecular formula is C21H15Br2N3O4. The average Bonchev–Trinajstić information content (AvgIpc) is 2.73. The highest BCUT2D eigenvalue weighted by molar-refractivity contribution is 9.10. The van der Waals surface area contributed by atoms with Crippen LogP contribution >= 0.6 is 31.9 Å². The van der Waals surface area contributed by atoms with E-state index in [0.717, 1.165) is 8.95 Å². The van der Waals surface area contributed by atoms with Crippen molar-refractivity contribution in [3.63, 3.8) is 0 Å². The molecule has 0 radical (unpaired) electrons. The summed E-state index contributed by atoms with van der Waals surface area (Å²) in [5.41, 5.74) is 1.20. The molecule has 9 heteroatoms. The van der Waals surface area contributed by atoms with Crippen LogP contribution in [-0.4, -0.2) is 16.7 Å². The van der Waals surface area contributed by atoms with Gasteiger partial charge in [-0.05, 0) is 54.1 Å². The zero-order valence-electron chi connectivity index (χ0n) is 15.3. The van der Waals surface area contributed by atoms with E-state index in [1.54, 1.807) is 48.5 Å². The summed E-state index contributed by atoms with van der Waals surface area (Å²) in [7, 11) is 0. The Labute approximate surface area is 188 Å². The standard InChI is InChI=1S/C21H15Br2N3O4/c22-16-5-1-3-14(11-16)20(27)24-19(13-7-9-18(10-8-13)26(29)30)25-21(28)15-4-2-6-17(23)12-15/h1-12,19H,(H,24,27)(H,25,28). The van der Waals surface area contributed by atoms with Gasteiger partial charge in [-0.1, -0.05) is 44.0 Å². The molecule has 0 atom stereocenters. The molecule has 2 N–H and O–H groups in total. The molecule has 0 aliphatic rings. The summed E-state index contributed by atoms with van der Waals surface area (Å²) in [4.78, 5) is 35.9. The highest BCUT2D eigenvalue weighted by Gasteiger charge is 2.20. The molecule has 0 bridgehead atoms. The number of nitro benzene ring substituents is 1. The van der Waals surface area contributed by atoms with Crippen molar-refractivity contribution in [2.45, 2.75) is 6.17 Å². The molecule has 3 rings (SSSR count). The second-order valence-corrected chi connectivity index (χ2v) is 8.08. The van der Waals surface area contributed by atoms with Crippen molar-refractivity contribution in [1.29, 1.82) is 0 Å². The number of hydrogen-bond acceptors (Lipinski definition) is 4. The SMILES string of the molecule is O=C(NC(NC(=O)c1cccc(Br)c1)c1ccc([N+](=O)[O-])cc1)c1cccc(Br)c1. The number of carbonyl (C=O) groups is 2. The molecule has 0 spiro atoms. The van der Waals surface area contributed by atoms with Crippen molar-refractivity contribution in [2.75, 3.05) is 0 Å². The number of amides is 2. The summed E-state index contributed by atoms with van der Waals surface area (Å²) in [6.07, 6.45) is -0.899. The quantitative estimate of drug-likeness (QED) is 0.265. The Hall–Kier alpha value is -3.04. The van der Waals surface area contributed by atoms with Crippen molar-refractivity contribution in [3.8, 4) is 0 Å². The van der Waals surface area contributed by atoms with Crippen LogP contribution in [0.25, 0.3) is 0 Å². The number of non-ortho nitro benzene ring substituents is 1. The molecular weight excluding hydrogens is 518 g/mol. The molecule has 0 saturated heterocycles. The first-order valence-electron chi connectivity index (χ1n) is 8.71. The average molecular weight is 533 g/mol. The Morgan fingerprint density at radius 3 is 1.67 bits per heavy atom. The van der Waals surface area contributed by atoms with Crippen LogP contribution in [0, 0.1) is 10.1 Å². The summed E-state index contributed by atoms with van der Waals surface area (Å²) in [5.74, 6) is -0.816. The fraction of sp³-hybridized carbons (Fsp3) is 0.0476. The van der Waals surface area contributed by atoms with Crippen molar-refractivity contribution >= 4 is 49.4 Å². The second-order valence-electron chi connectivity index (χ2n) is 6.25. The van der Waals surface area contributed by atoms with E-state index >= 15 is 0 Å². The Morgan fingerprint density at radius 1 is 0.800 bits per heavy atom. The minimum atomic E-state index is -0.899. The fourth-order valence-corrected chi connectivity index (χ4v) is 3.48. The molecule has 30 heavy (non-hydrogen) atoms. The van der Waals surface area contributed by atoms with E-state index in [4.69, 9.17) is 0 Å². The highest BCUT2D eigenvalue weighted by Crippen LogP contribution is 2.19. The molecule has 0 aliphatic carbocycles. The molecule has 0 heterocycles. The third kappa shape index (κ3) is 5.52. The van der Waals surface area contributed by atoms with Crippen LogP contribution in [0.5, 0.6) is 0 Å². The topological polar surface area (TPSA) is 101 Å². The van der Waals surface area contributed by atoms with Gasteiger partial charge in [0.25, 0.3) is 17.5 Å². The molecule has 152 valence electrons. The molecule has 2 amide bonds. The maximum absolute atomic E-state index is 12.7. The van der Waals surface area contributed by atoms with E-state index in [2.05, 4.69) is 42.5 Å². The van der Waals surface area contributed by atoms with Gasteiger partial charge < -0.3 is 10.6 Å². The number of benzene rings is 3. The molecule has 0 aromatic heterocycles. The van der Waals surface area contributed by atoms with Crippen LogP contribution in [0.1, 0.15) is 32.4 Å². The van der Waals surface area contributed by atoms with Crippen molar-refractivity contribution in [1.82, 2.24) is 10.6 Å². The summed E-state index contributed by atoms with van der Waals surface area (Å²) < 4.78 is 1.47. The van der Waals surface area contributed by atoms with Gasteiger partial charge >= 0.3 is 0 Å². The lowest BCUT2D eigenvalue weighted by molar-refractivity contribution is -0.384. The fourth-order valence-electron chi connectivity index (χ4n) is 2.68. The summed E-state index contributed by atoms with van der Waals surface area (Å²) in [5, 5.41) is 16.5. The minimum absolute atomic E-state index is 0.0888. The van der Waals surface area contributed by atoms with Crippen molar-refractivity contribution in [2.24, 2.45) is 0 Å². The van der Waals surface area contributed by atoms with Crippen molar-refractivity contribution < 1.29 is 14.5 Å². The molecule has 0 fully saturated rings. The van der Waals surface area contributed by atoms with Gasteiger partial charge in [0.15, 0.2) is 0 Å². The minimum Gasteiger partial charge on any atom is -0.328 e. The van der Waals surface area contributed by atoms with E-state index in [9.17, 15) is 19.7 Å². The first-order valence-corrected chi connectivity index (χ1v) is 10.3. The van der Waals surface area contributed by atoms with Gasteiger partial charge in [-0.25, -0.2) is 0 Å². The van der Waals surface area contributed by atoms with Gasteiger partial charge in [-0.3, -0.25) is 19.7 Å². The normalized spacial score (nSPS) is 10.5. The molecule has 7 nitrogen and oxygen atoms in total. The number of halogens is 2. The van der Waals surface area contributed by atoms with Crippen LogP contribution in [0.2, 0.25) is 0 Å². The van der Waals surface area contributed by atoms with Crippen molar-refractivity contribution in [3.05, 3.63) is 109 Å². The van der Waals surface area contributed by atoms with Gasteiger partial charge in [0, 0.05) is 32.2 Å². The monoisotopic (exact) mass is 531 g/mol. The lowest BCUT2D eigenvalue weighted by atomic mass is 10.1. The lowest BCUT2D eigenvalue weighted by Crippen LogP contribution is -2.41. The molecule has 3 aromatic rings. The van der Waals surface area contributed by atoms with Gasteiger partial charge in [-0.15, -0.1) is 0 Å². The number of nitrogens with zero attached hydrogens (tertiary/aromatic N) is 1. The summed E-state index contributed by atoms with van der Waals surface area (Å²) >= 11 is 6.65. The number of nitrogens with one attached hydrogen (secondary N) is 2. The Kier molecular flexibility index (Phi) is 6.96. The lowest BCUT2D eigenvalue weighted by Gasteiger charge is -2.21. The van der Waals surface area contributed by atoms with Gasteiger partial charge in [0.1, 0.15) is 6.17 Å². The van der Waals surface area contributed by atoms with Gasteiger partial charge in [0.2, 0.25) is 0 Å². The zero-order valence-corrected chi connectivity index (χ0v) is 18.5. The summed E-state index contributed by atoms with van der Waals surface area (Å²) in [6.45, 7) is 0. The predicted molar refractivity (Wildman–Crippen MR) is 119 cm³/mol. The van der Waals surface area contributed by atoms with E-state index in [-0.39, 0.29) is 5.69 Å². The zero-order chi connectivity index (χ0) is 21.7. The molecule has 3 aromatic carbocycles. The van der Waals surface area contributed by atoms with Crippen LogP contribution < -0.4 is 10.6 Å². The molecule has 0 aliphatic heterocycles. The third-order valence-electron chi connectivity index (χ3n) is 4.16. The van der Waals surface area contributed by atoms with Gasteiger partial charge in [0.05, 0.1) is 4.92 Å². The Morgan fingerprint density at radius 2 is 1.27 bits per heavy atom. The first kappa shape index (κ1) is 21.7. The first-order chi connectivity index (χ1) is 14.3. The van der Waals surface area contributed by atoms with Crippen LogP contribution in [0.15, 0.2) is 81.7 Å². The predicted octanol–water partition coefficient (Wildman–Crippen LogP) is 4.98. The molecule has 0 saturated carbocycles. The summed E-state index contributed by atoms with van der Waals surface area (Å²) in [6, 6.07) is 19.2. The number of rotatable bonds is 6. The Bertz CT molecular complexity index is 1040. The van der Waals surface area contributed by atoms with E-state index < -0.39 is 22.9 Å². The molecule has 0 unspecified atom stereocenters. The van der Waals surface area contributed by atoms with Crippen LogP contribution in [0.4, 0.5) is 5.69 Å². The van der Waals surface area contributed by atoms with E-state index in [1.165, 1.54) is 24.3 Å². The van der Waals surface area contributed by atoms with E-state index in [1.807, 2.05) is 0 Å². The third-order valence-corrected chi connectivity index (χ3v) is 5.15. The van der Waals surface area contributed by atoms with E-state index in [0.29, 0.717) is 16.7 Å².